The van der Waals surface area contributed by atoms with Crippen LogP contribution in [0.5, 0.6) is 5.75 Å². The first-order valence-electron chi connectivity index (χ1n) is 9.40. The fourth-order valence-corrected chi connectivity index (χ4v) is 3.31. The zero-order chi connectivity index (χ0) is 24.0. The lowest BCUT2D eigenvalue weighted by atomic mass is 9.98. The molecule has 176 valence electrons. The Bertz CT molecular complexity index is 876. The summed E-state index contributed by atoms with van der Waals surface area (Å²) >= 11 is 3.13. The highest BCUT2D eigenvalue weighted by Crippen LogP contribution is 2.32. The molecular weight excluding hydrogens is 499 g/mol. The zero-order valence-electron chi connectivity index (χ0n) is 17.7. The van der Waals surface area contributed by atoms with Gasteiger partial charge in [0.15, 0.2) is 23.8 Å². The molecule has 0 unspecified atom stereocenters. The fraction of sp³-hybridized carbons (Fsp3) is 0.500. The largest absolute Gasteiger partial charge is 0.463 e. The van der Waals surface area contributed by atoms with E-state index in [0.29, 0.717) is 4.47 Å². The third-order valence-corrected chi connectivity index (χ3v) is 4.58. The smallest absolute Gasteiger partial charge is 0.303 e. The Morgan fingerprint density at radius 1 is 0.906 bits per heavy atom. The van der Waals surface area contributed by atoms with Gasteiger partial charge in [-0.3, -0.25) is 19.2 Å². The average Bonchev–Trinajstić information content (AvgIpc) is 2.65. The molecule has 2 rings (SSSR count). The second kappa shape index (κ2) is 11.2. The number of hydrogen-bond donors (Lipinski definition) is 0. The molecule has 0 aliphatic carbocycles. The summed E-state index contributed by atoms with van der Waals surface area (Å²) in [5.74, 6) is -4.01. The number of carbonyl (C=O) groups excluding carboxylic acids is 4. The van der Waals surface area contributed by atoms with Gasteiger partial charge in [0.05, 0.1) is 0 Å². The van der Waals surface area contributed by atoms with Crippen molar-refractivity contribution in [3.8, 4) is 5.75 Å². The summed E-state index contributed by atoms with van der Waals surface area (Å²) < 4.78 is 46.9. The van der Waals surface area contributed by atoms with Crippen molar-refractivity contribution in [2.75, 3.05) is 6.61 Å². The van der Waals surface area contributed by atoms with Gasteiger partial charge in [-0.2, -0.15) is 0 Å². The van der Waals surface area contributed by atoms with Gasteiger partial charge in [-0.05, 0) is 18.2 Å². The van der Waals surface area contributed by atoms with Gasteiger partial charge in [0, 0.05) is 32.2 Å². The zero-order valence-corrected chi connectivity index (χ0v) is 19.3. The number of hydrogen-bond acceptors (Lipinski definition) is 10. The van der Waals surface area contributed by atoms with Gasteiger partial charge in [-0.1, -0.05) is 15.9 Å². The first kappa shape index (κ1) is 25.5. The summed E-state index contributed by atoms with van der Waals surface area (Å²) in [5, 5.41) is 0. The van der Waals surface area contributed by atoms with Crippen LogP contribution >= 0.6 is 15.9 Å². The van der Waals surface area contributed by atoms with Crippen molar-refractivity contribution >= 4 is 39.8 Å². The van der Waals surface area contributed by atoms with Gasteiger partial charge in [0.1, 0.15) is 12.7 Å². The lowest BCUT2D eigenvalue weighted by Crippen LogP contribution is -2.63. The molecule has 0 aromatic heterocycles. The third-order valence-electron chi connectivity index (χ3n) is 4.09. The van der Waals surface area contributed by atoms with Crippen molar-refractivity contribution < 1.29 is 52.0 Å². The van der Waals surface area contributed by atoms with Crippen molar-refractivity contribution in [1.82, 2.24) is 0 Å². The molecule has 32 heavy (non-hydrogen) atoms. The Morgan fingerprint density at radius 2 is 1.47 bits per heavy atom. The van der Waals surface area contributed by atoms with E-state index in [1.54, 1.807) is 0 Å². The Morgan fingerprint density at radius 3 is 2.00 bits per heavy atom. The predicted octanol–water partition coefficient (Wildman–Crippen LogP) is 2.05. The van der Waals surface area contributed by atoms with E-state index in [1.165, 1.54) is 12.1 Å². The van der Waals surface area contributed by atoms with E-state index in [0.717, 1.165) is 33.8 Å². The monoisotopic (exact) mass is 520 g/mol. The minimum absolute atomic E-state index is 0.255. The maximum atomic E-state index is 14.4. The maximum absolute atomic E-state index is 14.4. The predicted molar refractivity (Wildman–Crippen MR) is 107 cm³/mol. The molecule has 1 saturated heterocycles. The van der Waals surface area contributed by atoms with Crippen LogP contribution in [0, 0.1) is 5.82 Å². The molecule has 1 aliphatic heterocycles. The minimum Gasteiger partial charge on any atom is -0.463 e. The van der Waals surface area contributed by atoms with Crippen LogP contribution < -0.4 is 4.74 Å². The molecule has 12 heteroatoms. The van der Waals surface area contributed by atoms with Crippen LogP contribution in [0.3, 0.4) is 0 Å². The fourth-order valence-electron chi connectivity index (χ4n) is 2.98. The van der Waals surface area contributed by atoms with Gasteiger partial charge < -0.3 is 28.4 Å². The van der Waals surface area contributed by atoms with E-state index in [9.17, 15) is 23.6 Å². The van der Waals surface area contributed by atoms with E-state index in [4.69, 9.17) is 28.4 Å². The molecule has 1 aromatic carbocycles. The highest BCUT2D eigenvalue weighted by molar-refractivity contribution is 9.10. The van der Waals surface area contributed by atoms with Crippen LogP contribution in [0.2, 0.25) is 0 Å². The van der Waals surface area contributed by atoms with Crippen molar-refractivity contribution in [1.29, 1.82) is 0 Å². The minimum atomic E-state index is -1.51. The SMILES string of the molecule is CC(=O)OC[C@H]1O[C@H](Oc2ccc(Br)cc2F)[C@@H](OC(C)=O)[C@@H](OC(C)=O)[C@@H]1OC(C)=O. The van der Waals surface area contributed by atoms with Crippen LogP contribution in [0.25, 0.3) is 0 Å². The highest BCUT2D eigenvalue weighted by atomic mass is 79.9. The molecule has 0 saturated carbocycles. The standard InChI is InChI=1S/C20H22BrFO10/c1-9(23)27-8-16-17(28-10(2)24)18(29-11(3)25)19(30-12(4)26)20(32-16)31-15-6-5-13(21)7-14(15)22/h5-7,16-20H,8H2,1-4H3/t16-,17-,18+,19+,20+/m1/s1. The number of rotatable bonds is 7. The molecule has 0 N–H and O–H groups in total. The molecule has 0 amide bonds. The first-order valence-corrected chi connectivity index (χ1v) is 10.2. The average molecular weight is 521 g/mol. The van der Waals surface area contributed by atoms with E-state index < -0.39 is 67.0 Å². The summed E-state index contributed by atoms with van der Waals surface area (Å²) in [7, 11) is 0. The molecule has 1 heterocycles. The normalized spacial score (nSPS) is 24.8. The van der Waals surface area contributed by atoms with Crippen molar-refractivity contribution in [2.45, 2.75) is 58.4 Å². The molecule has 0 spiro atoms. The van der Waals surface area contributed by atoms with Crippen LogP contribution in [0.1, 0.15) is 27.7 Å². The highest BCUT2D eigenvalue weighted by Gasteiger charge is 2.53. The number of ether oxygens (including phenoxy) is 6. The van der Waals surface area contributed by atoms with Gasteiger partial charge >= 0.3 is 23.9 Å². The molecule has 5 atom stereocenters. The lowest BCUT2D eigenvalue weighted by molar-refractivity contribution is -0.288. The van der Waals surface area contributed by atoms with Gasteiger partial charge in [0.25, 0.3) is 0 Å². The second-order valence-corrected chi connectivity index (χ2v) is 7.68. The number of esters is 4. The van der Waals surface area contributed by atoms with E-state index in [2.05, 4.69) is 15.9 Å². The Kier molecular flexibility index (Phi) is 8.96. The number of benzene rings is 1. The van der Waals surface area contributed by atoms with Crippen LogP contribution in [0.4, 0.5) is 4.39 Å². The molecule has 1 aromatic rings. The van der Waals surface area contributed by atoms with Crippen LogP contribution in [0.15, 0.2) is 22.7 Å². The molecule has 10 nitrogen and oxygen atoms in total. The second-order valence-electron chi connectivity index (χ2n) is 6.76. The van der Waals surface area contributed by atoms with Crippen LogP contribution in [-0.4, -0.2) is 61.2 Å². The molecular formula is C20H22BrFO10. The van der Waals surface area contributed by atoms with E-state index in [1.807, 2.05) is 0 Å². The quantitative estimate of drug-likeness (QED) is 0.389. The maximum Gasteiger partial charge on any atom is 0.303 e. The summed E-state index contributed by atoms with van der Waals surface area (Å²) in [6.45, 7) is 4.03. The molecule has 0 radical (unpaired) electrons. The summed E-state index contributed by atoms with van der Waals surface area (Å²) in [4.78, 5) is 46.5. The van der Waals surface area contributed by atoms with Gasteiger partial charge in [-0.15, -0.1) is 0 Å². The molecule has 0 bridgehead atoms. The Balaban J connectivity index is 2.47. The van der Waals surface area contributed by atoms with Crippen molar-refractivity contribution in [3.05, 3.63) is 28.5 Å². The number of carbonyl (C=O) groups is 4. The number of halogens is 2. The van der Waals surface area contributed by atoms with Crippen LogP contribution in [-0.2, 0) is 42.9 Å². The summed E-state index contributed by atoms with van der Waals surface area (Å²) in [5.41, 5.74) is 0. The van der Waals surface area contributed by atoms with Gasteiger partial charge in [-0.25, -0.2) is 4.39 Å². The molecule has 1 aliphatic rings. The molecule has 1 fully saturated rings. The van der Waals surface area contributed by atoms with E-state index in [-0.39, 0.29) is 5.75 Å². The topological polar surface area (TPSA) is 124 Å². The third kappa shape index (κ3) is 7.16. The Labute approximate surface area is 191 Å². The van der Waals surface area contributed by atoms with E-state index >= 15 is 0 Å². The summed E-state index contributed by atoms with van der Waals surface area (Å²) in [6, 6.07) is 3.94. The van der Waals surface area contributed by atoms with Crippen molar-refractivity contribution in [3.63, 3.8) is 0 Å². The van der Waals surface area contributed by atoms with Crippen molar-refractivity contribution in [2.24, 2.45) is 0 Å². The Hall–Kier alpha value is -2.73. The summed E-state index contributed by atoms with van der Waals surface area (Å²) in [6.07, 6.45) is -6.88. The lowest BCUT2D eigenvalue weighted by Gasteiger charge is -2.43. The first-order chi connectivity index (χ1) is 15.0. The van der Waals surface area contributed by atoms with Gasteiger partial charge in [0.2, 0.25) is 12.4 Å².